The van der Waals surface area contributed by atoms with E-state index in [1.54, 1.807) is 6.20 Å². The minimum absolute atomic E-state index is 0.0501. The van der Waals surface area contributed by atoms with E-state index in [1.807, 2.05) is 48.5 Å². The molecule has 2 N–H and O–H groups in total. The van der Waals surface area contributed by atoms with E-state index < -0.39 is 11.0 Å². The Morgan fingerprint density at radius 1 is 1.18 bits per heavy atom. The number of ether oxygens (including phenoxy) is 1. The lowest BCUT2D eigenvalue weighted by molar-refractivity contribution is 0.299. The first-order valence-corrected chi connectivity index (χ1v) is 12.3. The fourth-order valence-electron chi connectivity index (χ4n) is 3.41. The molecule has 1 aliphatic rings. The Labute approximate surface area is 196 Å². The molecule has 0 spiro atoms. The predicted molar refractivity (Wildman–Crippen MR) is 127 cm³/mol. The number of aliphatic hydroxyl groups excluding tert-OH is 1. The van der Waals surface area contributed by atoms with Gasteiger partial charge < -0.3 is 9.84 Å². The number of hydrogen-bond donors (Lipinski definition) is 2. The summed E-state index contributed by atoms with van der Waals surface area (Å²) in [4.78, 5) is 9.10. The van der Waals surface area contributed by atoms with Gasteiger partial charge in [0.15, 0.2) is 0 Å². The van der Waals surface area contributed by atoms with Crippen molar-refractivity contribution in [1.82, 2.24) is 14.7 Å². The molecule has 1 aromatic heterocycles. The lowest BCUT2D eigenvalue weighted by Crippen LogP contribution is -2.22. The van der Waals surface area contributed by atoms with Gasteiger partial charge in [-0.3, -0.25) is 0 Å². The number of aromatic nitrogens is 2. The smallest absolute Gasteiger partial charge is 0.137 e. The first-order valence-electron chi connectivity index (χ1n) is 10.9. The van der Waals surface area contributed by atoms with Crippen molar-refractivity contribution in [3.63, 3.8) is 0 Å². The molecule has 0 aliphatic heterocycles. The molecule has 0 bridgehead atoms. The Hall–Kier alpha value is -3.12. The van der Waals surface area contributed by atoms with Crippen LogP contribution in [0.5, 0.6) is 5.75 Å². The summed E-state index contributed by atoms with van der Waals surface area (Å²) in [6, 6.07) is 17.5. The zero-order chi connectivity index (χ0) is 23.0. The van der Waals surface area contributed by atoms with E-state index in [4.69, 9.17) is 14.8 Å². The van der Waals surface area contributed by atoms with E-state index in [-0.39, 0.29) is 6.61 Å². The van der Waals surface area contributed by atoms with Gasteiger partial charge >= 0.3 is 0 Å². The van der Waals surface area contributed by atoms with Gasteiger partial charge in [-0.15, -0.1) is 0 Å². The summed E-state index contributed by atoms with van der Waals surface area (Å²) < 4.78 is 20.6. The zero-order valence-corrected chi connectivity index (χ0v) is 19.1. The molecule has 170 valence electrons. The van der Waals surface area contributed by atoms with Crippen molar-refractivity contribution in [2.75, 3.05) is 19.8 Å². The molecule has 1 heterocycles. The highest BCUT2D eigenvalue weighted by atomic mass is 32.2. The van der Waals surface area contributed by atoms with Crippen molar-refractivity contribution >= 4 is 11.0 Å². The molecular weight excluding hydrogens is 436 g/mol. The first-order chi connectivity index (χ1) is 16.1. The van der Waals surface area contributed by atoms with E-state index in [0.29, 0.717) is 48.4 Å². The van der Waals surface area contributed by atoms with Crippen molar-refractivity contribution in [3.8, 4) is 23.1 Å². The molecule has 7 nitrogen and oxygen atoms in total. The molecule has 8 heteroatoms. The summed E-state index contributed by atoms with van der Waals surface area (Å²) in [5.74, 6) is 2.26. The number of nitrogens with zero attached hydrogens (tertiary/aromatic N) is 3. The average molecular weight is 463 g/mol. The van der Waals surface area contributed by atoms with Crippen LogP contribution in [0.15, 0.2) is 54.7 Å². The number of benzene rings is 2. The second-order valence-corrected chi connectivity index (χ2v) is 9.31. The predicted octanol–water partition coefficient (Wildman–Crippen LogP) is 3.14. The van der Waals surface area contributed by atoms with Crippen LogP contribution in [0.1, 0.15) is 35.4 Å². The Morgan fingerprint density at radius 2 is 2.03 bits per heavy atom. The Bertz CT molecular complexity index is 1170. The van der Waals surface area contributed by atoms with Crippen LogP contribution in [-0.4, -0.2) is 39.0 Å². The van der Waals surface area contributed by atoms with Gasteiger partial charge in [0, 0.05) is 24.7 Å². The molecule has 1 saturated carbocycles. The van der Waals surface area contributed by atoms with Gasteiger partial charge in [0.25, 0.3) is 0 Å². The standard InChI is InChI=1S/C25H26N4O3S/c26-15-22-14-21(6-7-24(22)32-16-18-4-5-18)23-8-9-27-25(29-23)13-19-2-1-3-20(12-19)17-33(31)28-10-11-30/h1-3,6-9,12,14,18,28,30H,4-5,10-11,13,16-17H2. The highest BCUT2D eigenvalue weighted by Gasteiger charge is 2.22. The van der Waals surface area contributed by atoms with Crippen LogP contribution < -0.4 is 9.46 Å². The molecule has 1 unspecified atom stereocenters. The van der Waals surface area contributed by atoms with Gasteiger partial charge in [-0.1, -0.05) is 24.3 Å². The van der Waals surface area contributed by atoms with Crippen LogP contribution in [0.3, 0.4) is 0 Å². The third-order valence-corrected chi connectivity index (χ3v) is 6.42. The Morgan fingerprint density at radius 3 is 2.82 bits per heavy atom. The summed E-state index contributed by atoms with van der Waals surface area (Å²) in [6.07, 6.45) is 4.65. The topological polar surface area (TPSA) is 108 Å². The van der Waals surface area contributed by atoms with Gasteiger partial charge in [-0.25, -0.2) is 18.9 Å². The minimum atomic E-state index is -1.24. The maximum Gasteiger partial charge on any atom is 0.137 e. The van der Waals surface area contributed by atoms with Gasteiger partial charge in [-0.2, -0.15) is 5.26 Å². The second kappa shape index (κ2) is 11.1. The van der Waals surface area contributed by atoms with Crippen molar-refractivity contribution < 1.29 is 14.1 Å². The molecule has 3 aromatic rings. The monoisotopic (exact) mass is 462 g/mol. The van der Waals surface area contributed by atoms with Crippen LogP contribution in [0, 0.1) is 17.2 Å². The highest BCUT2D eigenvalue weighted by molar-refractivity contribution is 7.82. The largest absolute Gasteiger partial charge is 0.492 e. The number of aliphatic hydroxyl groups is 1. The SMILES string of the molecule is N#Cc1cc(-c2ccnc(Cc3cccc(CS(=O)NCCO)c3)n2)ccc1OCC1CC1. The summed E-state index contributed by atoms with van der Waals surface area (Å²) >= 11 is 0. The van der Waals surface area contributed by atoms with E-state index >= 15 is 0 Å². The highest BCUT2D eigenvalue weighted by Crippen LogP contribution is 2.31. The Kier molecular flexibility index (Phi) is 7.79. The second-order valence-electron chi connectivity index (χ2n) is 8.04. The molecule has 0 radical (unpaired) electrons. The first kappa shape index (κ1) is 23.1. The van der Waals surface area contributed by atoms with Gasteiger partial charge in [0.1, 0.15) is 17.6 Å². The normalized spacial score (nSPS) is 13.9. The lowest BCUT2D eigenvalue weighted by atomic mass is 10.1. The van der Waals surface area contributed by atoms with E-state index in [2.05, 4.69) is 15.8 Å². The third-order valence-electron chi connectivity index (χ3n) is 5.30. The molecule has 1 aliphatic carbocycles. The Balaban J connectivity index is 1.46. The number of rotatable bonds is 11. The maximum atomic E-state index is 12.0. The lowest BCUT2D eigenvalue weighted by Gasteiger charge is -2.10. The van der Waals surface area contributed by atoms with E-state index in [1.165, 1.54) is 12.8 Å². The number of nitrogens with one attached hydrogen (secondary N) is 1. The number of nitriles is 1. The zero-order valence-electron chi connectivity index (χ0n) is 18.2. The van der Waals surface area contributed by atoms with Crippen molar-refractivity contribution in [1.29, 1.82) is 5.26 Å². The summed E-state index contributed by atoms with van der Waals surface area (Å²) in [7, 11) is -1.24. The molecule has 1 atom stereocenters. The summed E-state index contributed by atoms with van der Waals surface area (Å²) in [5.41, 5.74) is 4.05. The minimum Gasteiger partial charge on any atom is -0.492 e. The van der Waals surface area contributed by atoms with Crippen LogP contribution in [0.4, 0.5) is 0 Å². The fourth-order valence-corrected chi connectivity index (χ4v) is 4.32. The van der Waals surface area contributed by atoms with Crippen LogP contribution in [0.25, 0.3) is 11.3 Å². The fraction of sp³-hybridized carbons (Fsp3) is 0.320. The van der Waals surface area contributed by atoms with E-state index in [9.17, 15) is 9.47 Å². The van der Waals surface area contributed by atoms with E-state index in [0.717, 1.165) is 22.4 Å². The quantitative estimate of drug-likeness (QED) is 0.453. The van der Waals surface area contributed by atoms with Crippen molar-refractivity contribution in [2.24, 2.45) is 5.92 Å². The summed E-state index contributed by atoms with van der Waals surface area (Å²) in [6.45, 7) is 0.912. The summed E-state index contributed by atoms with van der Waals surface area (Å²) in [5, 5.41) is 18.4. The van der Waals surface area contributed by atoms with Gasteiger partial charge in [0.2, 0.25) is 0 Å². The molecule has 0 saturated heterocycles. The molecule has 1 fully saturated rings. The van der Waals surface area contributed by atoms with Gasteiger partial charge in [-0.05, 0) is 54.2 Å². The van der Waals surface area contributed by atoms with Crippen LogP contribution in [0.2, 0.25) is 0 Å². The van der Waals surface area contributed by atoms with Crippen LogP contribution >= 0.6 is 0 Å². The third kappa shape index (κ3) is 6.68. The molecule has 0 amide bonds. The molecule has 2 aromatic carbocycles. The average Bonchev–Trinajstić information content (AvgIpc) is 3.66. The van der Waals surface area contributed by atoms with Crippen molar-refractivity contribution in [2.45, 2.75) is 25.0 Å². The van der Waals surface area contributed by atoms with Gasteiger partial charge in [0.05, 0.1) is 41.2 Å². The molecule has 33 heavy (non-hydrogen) atoms. The van der Waals surface area contributed by atoms with Crippen LogP contribution in [-0.2, 0) is 23.2 Å². The molecular formula is C25H26N4O3S. The number of hydrogen-bond acceptors (Lipinski definition) is 6. The maximum absolute atomic E-state index is 12.0. The van der Waals surface area contributed by atoms with Crippen molar-refractivity contribution in [3.05, 3.63) is 77.2 Å². The molecule has 4 rings (SSSR count).